The van der Waals surface area contributed by atoms with Crippen molar-refractivity contribution in [3.8, 4) is 0 Å². The smallest absolute Gasteiger partial charge is 0.225 e. The Kier molecular flexibility index (Phi) is 6.58. The van der Waals surface area contributed by atoms with E-state index in [9.17, 15) is 9.59 Å². The van der Waals surface area contributed by atoms with Crippen LogP contribution < -0.4 is 5.32 Å². The molecule has 1 aromatic rings. The highest BCUT2D eigenvalue weighted by molar-refractivity contribution is 9.10. The Morgan fingerprint density at radius 1 is 1.30 bits per heavy atom. The van der Waals surface area contributed by atoms with E-state index in [0.29, 0.717) is 19.8 Å². The number of hydrogen-bond donors (Lipinski definition) is 1. The fraction of sp³-hybridized carbons (Fsp3) is 0.619. The Bertz CT molecular complexity index is 686. The normalized spacial score (nSPS) is 22.5. The Morgan fingerprint density at radius 3 is 2.70 bits per heavy atom. The van der Waals surface area contributed by atoms with Gasteiger partial charge in [-0.15, -0.1) is 0 Å². The number of halogens is 1. The fourth-order valence-electron chi connectivity index (χ4n) is 4.09. The van der Waals surface area contributed by atoms with E-state index < -0.39 is 5.54 Å². The largest absolute Gasteiger partial charge is 0.381 e. The highest BCUT2D eigenvalue weighted by Crippen LogP contribution is 2.34. The van der Waals surface area contributed by atoms with Gasteiger partial charge in [-0.2, -0.15) is 0 Å². The van der Waals surface area contributed by atoms with Gasteiger partial charge in [0.15, 0.2) is 0 Å². The van der Waals surface area contributed by atoms with E-state index in [2.05, 4.69) is 33.4 Å². The predicted octanol–water partition coefficient (Wildman–Crippen LogP) is 3.47. The lowest BCUT2D eigenvalue weighted by molar-refractivity contribution is -0.139. The number of rotatable bonds is 4. The van der Waals surface area contributed by atoms with E-state index in [1.165, 1.54) is 0 Å². The van der Waals surface area contributed by atoms with Gasteiger partial charge in [0, 0.05) is 36.7 Å². The quantitative estimate of drug-likeness (QED) is 0.785. The van der Waals surface area contributed by atoms with Crippen LogP contribution in [0.2, 0.25) is 0 Å². The number of amides is 2. The summed E-state index contributed by atoms with van der Waals surface area (Å²) in [6.07, 6.45) is 3.23. The van der Waals surface area contributed by atoms with Crippen molar-refractivity contribution < 1.29 is 14.3 Å². The highest BCUT2D eigenvalue weighted by atomic mass is 79.9. The second kappa shape index (κ2) is 8.74. The van der Waals surface area contributed by atoms with Gasteiger partial charge in [0.1, 0.15) is 0 Å². The molecule has 2 aliphatic heterocycles. The average Bonchev–Trinajstić information content (AvgIpc) is 2.68. The first-order valence-electron chi connectivity index (χ1n) is 9.86. The van der Waals surface area contributed by atoms with Crippen molar-refractivity contribution in [2.24, 2.45) is 11.8 Å². The van der Waals surface area contributed by atoms with Gasteiger partial charge in [0.25, 0.3) is 0 Å². The van der Waals surface area contributed by atoms with Crippen LogP contribution in [-0.2, 0) is 19.9 Å². The Labute approximate surface area is 170 Å². The molecular formula is C21H29BrN2O3. The van der Waals surface area contributed by atoms with E-state index in [1.54, 1.807) is 0 Å². The third kappa shape index (κ3) is 4.72. The maximum Gasteiger partial charge on any atom is 0.225 e. The molecule has 1 N–H and O–H groups in total. The first-order chi connectivity index (χ1) is 12.9. The number of carbonyl (C=O) groups excluding carboxylic acids is 2. The summed E-state index contributed by atoms with van der Waals surface area (Å²) in [4.78, 5) is 27.4. The van der Waals surface area contributed by atoms with Crippen LogP contribution in [0.3, 0.4) is 0 Å². The first kappa shape index (κ1) is 20.3. The van der Waals surface area contributed by atoms with Gasteiger partial charge >= 0.3 is 0 Å². The van der Waals surface area contributed by atoms with Gasteiger partial charge in [-0.25, -0.2) is 0 Å². The van der Waals surface area contributed by atoms with Gasteiger partial charge < -0.3 is 15.0 Å². The molecule has 2 amide bonds. The number of piperidine rings is 1. The van der Waals surface area contributed by atoms with Gasteiger partial charge in [-0.1, -0.05) is 41.9 Å². The number of carbonyl (C=O) groups is 2. The average molecular weight is 437 g/mol. The molecule has 2 aliphatic rings. The number of ether oxygens (including phenoxy) is 1. The minimum absolute atomic E-state index is 0.0321. The molecule has 3 rings (SSSR count). The summed E-state index contributed by atoms with van der Waals surface area (Å²) in [5.41, 5.74) is 0.711. The molecule has 2 saturated heterocycles. The second-order valence-electron chi connectivity index (χ2n) is 7.97. The van der Waals surface area contributed by atoms with Crippen LogP contribution >= 0.6 is 15.9 Å². The number of nitrogens with zero attached hydrogens (tertiary/aromatic N) is 1. The number of benzene rings is 1. The van der Waals surface area contributed by atoms with E-state index in [1.807, 2.05) is 30.9 Å². The molecule has 1 aromatic carbocycles. The Morgan fingerprint density at radius 2 is 2.04 bits per heavy atom. The molecule has 0 aromatic heterocycles. The van der Waals surface area contributed by atoms with Gasteiger partial charge in [-0.05, 0) is 43.4 Å². The third-order valence-corrected chi connectivity index (χ3v) is 6.18. The molecule has 0 bridgehead atoms. The lowest BCUT2D eigenvalue weighted by atomic mass is 9.81. The molecule has 1 unspecified atom stereocenters. The van der Waals surface area contributed by atoms with Crippen LogP contribution in [0.1, 0.15) is 45.1 Å². The van der Waals surface area contributed by atoms with Gasteiger partial charge in [0.05, 0.1) is 11.5 Å². The molecule has 0 spiro atoms. The van der Waals surface area contributed by atoms with Crippen molar-refractivity contribution in [1.29, 1.82) is 0 Å². The zero-order chi connectivity index (χ0) is 19.4. The molecular weight excluding hydrogens is 408 g/mol. The molecule has 0 aliphatic carbocycles. The number of likely N-dealkylation sites (tertiary alicyclic amines) is 1. The van der Waals surface area contributed by atoms with Crippen molar-refractivity contribution in [2.45, 2.75) is 45.1 Å². The molecule has 5 nitrogen and oxygen atoms in total. The summed E-state index contributed by atoms with van der Waals surface area (Å²) in [7, 11) is 0. The summed E-state index contributed by atoms with van der Waals surface area (Å²) in [5.74, 6) is 0.0158. The third-order valence-electron chi connectivity index (χ3n) is 5.68. The maximum atomic E-state index is 13.2. The van der Waals surface area contributed by atoms with Crippen molar-refractivity contribution in [1.82, 2.24) is 10.2 Å². The molecule has 27 heavy (non-hydrogen) atoms. The topological polar surface area (TPSA) is 58.6 Å². The summed E-state index contributed by atoms with van der Waals surface area (Å²) < 4.78 is 6.57. The minimum Gasteiger partial charge on any atom is -0.381 e. The van der Waals surface area contributed by atoms with Crippen LogP contribution in [-0.4, -0.2) is 43.0 Å². The second-order valence-corrected chi connectivity index (χ2v) is 8.89. The summed E-state index contributed by atoms with van der Waals surface area (Å²) in [6, 6.07) is 8.16. The highest BCUT2D eigenvalue weighted by Gasteiger charge is 2.39. The zero-order valence-corrected chi connectivity index (χ0v) is 17.8. The number of nitrogens with one attached hydrogen (secondary N) is 1. The Balaban J connectivity index is 1.76. The van der Waals surface area contributed by atoms with Crippen LogP contribution in [0.4, 0.5) is 0 Å². The summed E-state index contributed by atoms with van der Waals surface area (Å²) in [5, 5.41) is 3.36. The molecule has 0 saturated carbocycles. The molecule has 0 radical (unpaired) electrons. The van der Waals surface area contributed by atoms with Crippen molar-refractivity contribution in [3.63, 3.8) is 0 Å². The zero-order valence-electron chi connectivity index (χ0n) is 16.2. The van der Waals surface area contributed by atoms with E-state index in [-0.39, 0.29) is 23.7 Å². The SMILES string of the molecule is CC(C)C(=O)N1CCCC(C(=O)NC2(c3cccc(Br)c3)CCOCC2)C1. The molecule has 2 fully saturated rings. The van der Waals surface area contributed by atoms with Crippen LogP contribution in [0.25, 0.3) is 0 Å². The van der Waals surface area contributed by atoms with Crippen LogP contribution in [0.15, 0.2) is 28.7 Å². The molecule has 1 atom stereocenters. The van der Waals surface area contributed by atoms with Gasteiger partial charge in [-0.3, -0.25) is 9.59 Å². The molecule has 148 valence electrons. The lowest BCUT2D eigenvalue weighted by Gasteiger charge is -2.41. The van der Waals surface area contributed by atoms with Crippen LogP contribution in [0.5, 0.6) is 0 Å². The fourth-order valence-corrected chi connectivity index (χ4v) is 4.49. The lowest BCUT2D eigenvalue weighted by Crippen LogP contribution is -2.54. The number of hydrogen-bond acceptors (Lipinski definition) is 3. The monoisotopic (exact) mass is 436 g/mol. The van der Waals surface area contributed by atoms with Crippen LogP contribution in [0, 0.1) is 11.8 Å². The molecule has 6 heteroatoms. The van der Waals surface area contributed by atoms with E-state index >= 15 is 0 Å². The van der Waals surface area contributed by atoms with Crippen molar-refractivity contribution >= 4 is 27.7 Å². The van der Waals surface area contributed by atoms with Gasteiger partial charge in [0.2, 0.25) is 11.8 Å². The predicted molar refractivity (Wildman–Crippen MR) is 108 cm³/mol. The standard InChI is InChI=1S/C21H29BrN2O3/c1-15(2)20(26)24-10-4-5-16(14-24)19(25)23-21(8-11-27-12-9-21)17-6-3-7-18(22)13-17/h3,6-7,13,15-16H,4-5,8-12,14H2,1-2H3,(H,23,25). The van der Waals surface area contributed by atoms with Crippen molar-refractivity contribution in [3.05, 3.63) is 34.3 Å². The first-order valence-corrected chi connectivity index (χ1v) is 10.7. The summed E-state index contributed by atoms with van der Waals surface area (Å²) in [6.45, 7) is 6.37. The van der Waals surface area contributed by atoms with E-state index in [4.69, 9.17) is 4.74 Å². The van der Waals surface area contributed by atoms with E-state index in [0.717, 1.165) is 42.3 Å². The van der Waals surface area contributed by atoms with Crippen molar-refractivity contribution in [2.75, 3.05) is 26.3 Å². The molecule has 2 heterocycles. The minimum atomic E-state index is -0.399. The Hall–Kier alpha value is -1.40. The summed E-state index contributed by atoms with van der Waals surface area (Å²) >= 11 is 3.54. The maximum absolute atomic E-state index is 13.2.